The van der Waals surface area contributed by atoms with Crippen LogP contribution in [0.3, 0.4) is 0 Å². The van der Waals surface area contributed by atoms with Crippen molar-refractivity contribution in [3.05, 3.63) is 61.8 Å². The molecular weight excluding hydrogens is 441 g/mol. The van der Waals surface area contributed by atoms with Crippen molar-refractivity contribution >= 4 is 23.4 Å². The van der Waals surface area contributed by atoms with Crippen LogP contribution in [-0.2, 0) is 13.0 Å². The zero-order valence-corrected chi connectivity index (χ0v) is 18.2. The molecule has 2 aliphatic heterocycles. The van der Waals surface area contributed by atoms with E-state index in [1.165, 1.54) is 28.0 Å². The third-order valence-corrected chi connectivity index (χ3v) is 6.42. The van der Waals surface area contributed by atoms with E-state index in [0.29, 0.717) is 30.5 Å². The molecule has 2 amide bonds. The molecule has 2 N–H and O–H groups in total. The zero-order chi connectivity index (χ0) is 23.2. The lowest BCUT2D eigenvalue weighted by Crippen LogP contribution is -2.45. The number of fused-ring (bicyclic) bond motifs is 3. The maximum absolute atomic E-state index is 13.5. The Hall–Kier alpha value is -2.91. The predicted molar refractivity (Wildman–Crippen MR) is 115 cm³/mol. The molecule has 0 bridgehead atoms. The van der Waals surface area contributed by atoms with Gasteiger partial charge in [0.05, 0.1) is 23.2 Å². The Bertz CT molecular complexity index is 1170. The molecule has 1 atom stereocenters. The van der Waals surface area contributed by atoms with Crippen LogP contribution < -0.4 is 5.56 Å². The number of hydrogen-bond donors (Lipinski definition) is 2. The van der Waals surface area contributed by atoms with Crippen LogP contribution in [0.5, 0.6) is 5.75 Å². The Labute approximate surface area is 188 Å². The minimum absolute atomic E-state index is 0.0434. The molecule has 0 fully saturated rings. The molecule has 0 unspecified atom stereocenters. The second-order valence-corrected chi connectivity index (χ2v) is 8.56. The van der Waals surface area contributed by atoms with Crippen LogP contribution in [-0.4, -0.2) is 63.1 Å². The Morgan fingerprint density at radius 1 is 1.19 bits per heavy atom. The molecule has 8 nitrogen and oxygen atoms in total. The van der Waals surface area contributed by atoms with Gasteiger partial charge in [0, 0.05) is 32.2 Å². The summed E-state index contributed by atoms with van der Waals surface area (Å²) in [7, 11) is 1.62. The summed E-state index contributed by atoms with van der Waals surface area (Å²) in [6.45, 7) is 0.410. The van der Waals surface area contributed by atoms with Crippen molar-refractivity contribution in [1.82, 2.24) is 14.4 Å². The van der Waals surface area contributed by atoms with Crippen molar-refractivity contribution in [2.24, 2.45) is 0 Å². The van der Waals surface area contributed by atoms with Crippen LogP contribution in [0.4, 0.5) is 4.39 Å². The molecule has 32 heavy (non-hydrogen) atoms. The number of nitrogens with zero attached hydrogens (tertiary/aromatic N) is 3. The first-order chi connectivity index (χ1) is 15.2. The summed E-state index contributed by atoms with van der Waals surface area (Å²) < 4.78 is 14.6. The van der Waals surface area contributed by atoms with Gasteiger partial charge in [-0.15, -0.1) is 0 Å². The lowest BCUT2D eigenvalue weighted by atomic mass is 9.93. The maximum Gasteiger partial charge on any atom is 0.294 e. The predicted octanol–water partition coefficient (Wildman–Crippen LogP) is 1.94. The number of hydrogen-bond acceptors (Lipinski definition) is 5. The van der Waals surface area contributed by atoms with E-state index in [4.69, 9.17) is 11.6 Å². The minimum Gasteiger partial charge on any atom is -0.502 e. The Morgan fingerprint density at radius 3 is 2.62 bits per heavy atom. The molecule has 0 spiro atoms. The van der Waals surface area contributed by atoms with Crippen molar-refractivity contribution in [2.45, 2.75) is 31.8 Å². The second-order valence-electron chi connectivity index (χ2n) is 8.16. The van der Waals surface area contributed by atoms with Gasteiger partial charge in [-0.1, -0.05) is 17.7 Å². The van der Waals surface area contributed by atoms with Gasteiger partial charge in [0.2, 0.25) is 0 Å². The summed E-state index contributed by atoms with van der Waals surface area (Å²) in [6, 6.07) is 3.46. The molecule has 0 aliphatic carbocycles. The van der Waals surface area contributed by atoms with E-state index in [9.17, 15) is 29.0 Å². The SMILES string of the molecule is CN1CCC[C@@H](CO)n2c(c3c(c(O)c2=O)C(=O)N(Cc2ccc(F)c(Cl)c2)CC3)C1=O. The summed E-state index contributed by atoms with van der Waals surface area (Å²) in [6.07, 6.45) is 1.27. The van der Waals surface area contributed by atoms with Crippen molar-refractivity contribution < 1.29 is 24.2 Å². The van der Waals surface area contributed by atoms with Crippen LogP contribution in [0.2, 0.25) is 5.02 Å². The number of aromatic hydroxyl groups is 1. The highest BCUT2D eigenvalue weighted by atomic mass is 35.5. The third-order valence-electron chi connectivity index (χ3n) is 6.13. The Morgan fingerprint density at radius 2 is 1.94 bits per heavy atom. The molecule has 0 saturated carbocycles. The van der Waals surface area contributed by atoms with E-state index in [1.54, 1.807) is 7.05 Å². The Kier molecular flexibility index (Phi) is 5.96. The fraction of sp³-hybridized carbons (Fsp3) is 0.409. The highest BCUT2D eigenvalue weighted by Crippen LogP contribution is 2.32. The number of carbonyl (C=O) groups excluding carboxylic acids is 2. The molecule has 2 aromatic rings. The quantitative estimate of drug-likeness (QED) is 0.724. The molecule has 10 heteroatoms. The van der Waals surface area contributed by atoms with E-state index in [0.717, 1.165) is 4.57 Å². The standard InChI is InChI=1S/C22H23ClFN3O5/c1-25-7-2-3-13(11-28)27-18(21(25)31)14-6-8-26(20(30)17(14)19(29)22(27)32)10-12-4-5-16(24)15(23)9-12/h4-5,9,13,28-29H,2-3,6-8,10-11H2,1H3/t13-/m0/s1. The van der Waals surface area contributed by atoms with Gasteiger partial charge in [-0.25, -0.2) is 4.39 Å². The molecular formula is C22H23ClFN3O5. The van der Waals surface area contributed by atoms with Crippen molar-refractivity contribution in [2.75, 3.05) is 26.7 Å². The van der Waals surface area contributed by atoms with Crippen molar-refractivity contribution in [1.29, 1.82) is 0 Å². The van der Waals surface area contributed by atoms with Crippen LogP contribution in [0.1, 0.15) is 50.9 Å². The summed E-state index contributed by atoms with van der Waals surface area (Å²) >= 11 is 5.84. The molecule has 4 rings (SSSR count). The highest BCUT2D eigenvalue weighted by molar-refractivity contribution is 6.30. The van der Waals surface area contributed by atoms with E-state index in [1.807, 2.05) is 0 Å². The molecule has 3 heterocycles. The van der Waals surface area contributed by atoms with E-state index in [2.05, 4.69) is 0 Å². The van der Waals surface area contributed by atoms with Gasteiger partial charge >= 0.3 is 0 Å². The largest absolute Gasteiger partial charge is 0.502 e. The average Bonchev–Trinajstić information content (AvgIpc) is 2.76. The topological polar surface area (TPSA) is 103 Å². The first-order valence-electron chi connectivity index (χ1n) is 10.3. The van der Waals surface area contributed by atoms with E-state index >= 15 is 0 Å². The van der Waals surface area contributed by atoms with E-state index < -0.39 is 35.0 Å². The molecule has 0 saturated heterocycles. The summed E-state index contributed by atoms with van der Waals surface area (Å²) in [5.74, 6) is -2.33. The number of halogens is 2. The van der Waals surface area contributed by atoms with Gasteiger partial charge in [-0.3, -0.25) is 19.0 Å². The van der Waals surface area contributed by atoms with Gasteiger partial charge < -0.3 is 20.0 Å². The number of aromatic nitrogens is 1. The highest BCUT2D eigenvalue weighted by Gasteiger charge is 2.37. The van der Waals surface area contributed by atoms with Gasteiger partial charge in [0.25, 0.3) is 17.4 Å². The number of rotatable bonds is 3. The summed E-state index contributed by atoms with van der Waals surface area (Å²) in [4.78, 5) is 42.4. The average molecular weight is 464 g/mol. The third kappa shape index (κ3) is 3.65. The van der Waals surface area contributed by atoms with Crippen LogP contribution in [0.15, 0.2) is 23.0 Å². The number of carbonyl (C=O) groups is 2. The fourth-order valence-corrected chi connectivity index (χ4v) is 4.65. The maximum atomic E-state index is 13.5. The number of aliphatic hydroxyl groups is 1. The van der Waals surface area contributed by atoms with Gasteiger partial charge in [-0.05, 0) is 37.0 Å². The number of pyridine rings is 1. The van der Waals surface area contributed by atoms with Crippen LogP contribution in [0.25, 0.3) is 0 Å². The molecule has 1 aromatic carbocycles. The monoisotopic (exact) mass is 463 g/mol. The minimum atomic E-state index is -0.874. The van der Waals surface area contributed by atoms with Crippen molar-refractivity contribution in [3.63, 3.8) is 0 Å². The first kappa shape index (κ1) is 22.3. The number of benzene rings is 1. The lowest BCUT2D eigenvalue weighted by molar-refractivity contribution is 0.0712. The first-order valence-corrected chi connectivity index (χ1v) is 10.7. The molecule has 0 radical (unpaired) electrons. The van der Waals surface area contributed by atoms with Gasteiger partial charge in [0.15, 0.2) is 5.75 Å². The zero-order valence-electron chi connectivity index (χ0n) is 17.5. The van der Waals surface area contributed by atoms with Crippen LogP contribution >= 0.6 is 11.6 Å². The number of aliphatic hydroxyl groups excluding tert-OH is 1. The van der Waals surface area contributed by atoms with E-state index in [-0.39, 0.29) is 42.4 Å². The summed E-state index contributed by atoms with van der Waals surface area (Å²) in [5, 5.41) is 20.5. The molecule has 1 aromatic heterocycles. The lowest BCUT2D eigenvalue weighted by Gasteiger charge is -2.34. The second kappa shape index (κ2) is 8.55. The van der Waals surface area contributed by atoms with Crippen LogP contribution in [0, 0.1) is 5.82 Å². The Balaban J connectivity index is 1.82. The number of amides is 2. The van der Waals surface area contributed by atoms with Gasteiger partial charge in [-0.2, -0.15) is 0 Å². The normalized spacial score (nSPS) is 18.8. The summed E-state index contributed by atoms with van der Waals surface area (Å²) in [5.41, 5.74) is -0.132. The molecule has 2 aliphatic rings. The molecule has 170 valence electrons. The smallest absolute Gasteiger partial charge is 0.294 e. The van der Waals surface area contributed by atoms with Gasteiger partial charge in [0.1, 0.15) is 11.5 Å². The van der Waals surface area contributed by atoms with Crippen molar-refractivity contribution in [3.8, 4) is 5.75 Å². The fourth-order valence-electron chi connectivity index (χ4n) is 4.45.